The summed E-state index contributed by atoms with van der Waals surface area (Å²) in [4.78, 5) is 0. The van der Waals surface area contributed by atoms with Crippen molar-refractivity contribution in [2.24, 2.45) is 0 Å². The zero-order valence-electron chi connectivity index (χ0n) is 17.6. The summed E-state index contributed by atoms with van der Waals surface area (Å²) in [5, 5.41) is 0. The summed E-state index contributed by atoms with van der Waals surface area (Å²) in [6.07, 6.45) is 1.25. The van der Waals surface area contributed by atoms with Crippen LogP contribution in [0.2, 0.25) is 0 Å². The molecular weight excluding hydrogens is 300 g/mol. The molecule has 0 spiro atoms. The van der Waals surface area contributed by atoms with Gasteiger partial charge in [0.2, 0.25) is 0 Å². The molecule has 0 saturated heterocycles. The molecule has 0 heteroatoms. The molecule has 152 valence electrons. The smallest absolute Gasteiger partial charge is 0.0590 e. The number of benzene rings is 2. The largest absolute Gasteiger partial charge is 0.0776 e. The van der Waals surface area contributed by atoms with E-state index < -0.39 is 0 Å². The summed E-state index contributed by atoms with van der Waals surface area (Å²) in [5.41, 5.74) is 0. The van der Waals surface area contributed by atoms with Gasteiger partial charge in [0.1, 0.15) is 0 Å². The van der Waals surface area contributed by atoms with Gasteiger partial charge >= 0.3 is 0 Å². The van der Waals surface area contributed by atoms with Crippen LogP contribution in [0.4, 0.5) is 0 Å². The summed E-state index contributed by atoms with van der Waals surface area (Å²) in [5.74, 6) is 0. The van der Waals surface area contributed by atoms with Gasteiger partial charge in [-0.1, -0.05) is 163 Å². The fraction of sp³-hybridized carbons (Fsp3) is 0.520. The number of rotatable bonds is 0. The molecule has 0 saturated carbocycles. The molecule has 0 fully saturated rings. The van der Waals surface area contributed by atoms with Gasteiger partial charge in [0.15, 0.2) is 0 Å². The van der Waals surface area contributed by atoms with E-state index in [9.17, 15) is 0 Å². The summed E-state index contributed by atoms with van der Waals surface area (Å²) in [7, 11) is 0. The zero-order chi connectivity index (χ0) is 19.2. The number of hydrogen-bond acceptors (Lipinski definition) is 0. The lowest BCUT2D eigenvalue weighted by Crippen LogP contribution is -1.47. The van der Waals surface area contributed by atoms with Gasteiger partial charge in [0.05, 0.1) is 0 Å². The number of hydrogen-bond donors (Lipinski definition) is 0. The molecule has 0 nitrogen and oxygen atoms in total. The van der Waals surface area contributed by atoms with Crippen molar-refractivity contribution >= 4 is 0 Å². The van der Waals surface area contributed by atoms with Crippen molar-refractivity contribution in [2.45, 2.75) is 90.5 Å². The lowest BCUT2D eigenvalue weighted by atomic mass is 10.4. The molecule has 0 aliphatic rings. The highest BCUT2D eigenvalue weighted by atomic mass is 13.7. The van der Waals surface area contributed by atoms with E-state index in [1.54, 1.807) is 0 Å². The van der Waals surface area contributed by atoms with Crippen LogP contribution < -0.4 is 0 Å². The second-order valence-electron chi connectivity index (χ2n) is 3.02. The average Bonchev–Trinajstić information content (AvgIpc) is 2.72. The Morgan fingerprint density at radius 2 is 0.360 bits per heavy atom. The third kappa shape index (κ3) is 86.0. The Kier molecular flexibility index (Phi) is 138. The highest BCUT2D eigenvalue weighted by Gasteiger charge is 1.58. The molecule has 0 amide bonds. The Morgan fingerprint density at radius 3 is 0.400 bits per heavy atom. The molecule has 0 unspecified atom stereocenters. The molecule has 0 aliphatic heterocycles. The Bertz CT molecular complexity index is 188. The van der Waals surface area contributed by atoms with Crippen LogP contribution in [-0.4, -0.2) is 0 Å². The van der Waals surface area contributed by atoms with Crippen molar-refractivity contribution in [3.63, 3.8) is 0 Å². The fourth-order valence-electron chi connectivity index (χ4n) is 0.770. The highest BCUT2D eigenvalue weighted by molar-refractivity contribution is 4.99. The maximum absolute atomic E-state index is 2.12. The standard InChI is InChI=1S/2C6H6.C3H8.4C2H6.2CH4/c2*1-2-4-6-5-3-1;1-3-2;4*1-2;;/h2*1-6H;3H2,1-2H3;4*1-2H3;2*1H4. The third-order valence-electron chi connectivity index (χ3n) is 1.33. The second kappa shape index (κ2) is 78.8. The van der Waals surface area contributed by atoms with Gasteiger partial charge in [-0.25, -0.2) is 0 Å². The van der Waals surface area contributed by atoms with E-state index in [-0.39, 0.29) is 14.9 Å². The van der Waals surface area contributed by atoms with Crippen molar-refractivity contribution in [3.8, 4) is 0 Å². The zero-order valence-corrected chi connectivity index (χ0v) is 17.6. The molecule has 0 bridgehead atoms. The van der Waals surface area contributed by atoms with Crippen LogP contribution in [-0.2, 0) is 0 Å². The van der Waals surface area contributed by atoms with E-state index in [2.05, 4.69) is 13.8 Å². The van der Waals surface area contributed by atoms with Crippen molar-refractivity contribution in [3.05, 3.63) is 72.8 Å². The van der Waals surface area contributed by atoms with Crippen LogP contribution >= 0.6 is 0 Å². The molecule has 0 heterocycles. The molecule has 0 atom stereocenters. The van der Waals surface area contributed by atoms with Gasteiger partial charge in [-0.2, -0.15) is 0 Å². The summed E-state index contributed by atoms with van der Waals surface area (Å²) in [6.45, 7) is 20.2. The van der Waals surface area contributed by atoms with Gasteiger partial charge < -0.3 is 0 Å². The van der Waals surface area contributed by atoms with Crippen molar-refractivity contribution in [2.75, 3.05) is 0 Å². The Morgan fingerprint density at radius 1 is 0.320 bits per heavy atom. The Hall–Kier alpha value is -1.56. The van der Waals surface area contributed by atoms with Crippen molar-refractivity contribution in [1.29, 1.82) is 0 Å². The minimum atomic E-state index is 0. The van der Waals surface area contributed by atoms with Crippen LogP contribution in [0.1, 0.15) is 90.5 Å². The summed E-state index contributed by atoms with van der Waals surface area (Å²) >= 11 is 0. The molecule has 0 aromatic heterocycles. The molecule has 0 radical (unpaired) electrons. The Balaban J connectivity index is -0.0000000323. The van der Waals surface area contributed by atoms with Crippen LogP contribution in [0.25, 0.3) is 0 Å². The van der Waals surface area contributed by atoms with E-state index in [1.165, 1.54) is 6.42 Å². The quantitative estimate of drug-likeness (QED) is 0.442. The van der Waals surface area contributed by atoms with Crippen LogP contribution in [0.3, 0.4) is 0 Å². The lowest BCUT2D eigenvalue weighted by Gasteiger charge is -1.69. The van der Waals surface area contributed by atoms with Crippen molar-refractivity contribution < 1.29 is 0 Å². The first-order valence-electron chi connectivity index (χ1n) is 9.41. The van der Waals surface area contributed by atoms with E-state index in [1.807, 2.05) is 128 Å². The lowest BCUT2D eigenvalue weighted by molar-refractivity contribution is 1.09. The van der Waals surface area contributed by atoms with E-state index in [0.29, 0.717) is 0 Å². The summed E-state index contributed by atoms with van der Waals surface area (Å²) in [6, 6.07) is 24.0. The van der Waals surface area contributed by atoms with E-state index >= 15 is 0 Å². The Labute approximate surface area is 163 Å². The topological polar surface area (TPSA) is 0 Å². The van der Waals surface area contributed by atoms with Gasteiger partial charge in [0.25, 0.3) is 0 Å². The molecule has 2 aromatic carbocycles. The molecule has 2 aromatic rings. The van der Waals surface area contributed by atoms with Crippen LogP contribution in [0.15, 0.2) is 72.8 Å². The molecule has 25 heavy (non-hydrogen) atoms. The first-order valence-corrected chi connectivity index (χ1v) is 9.41. The molecule has 0 aliphatic carbocycles. The minimum Gasteiger partial charge on any atom is -0.0776 e. The van der Waals surface area contributed by atoms with Gasteiger partial charge in [-0.15, -0.1) is 0 Å². The van der Waals surface area contributed by atoms with E-state index in [0.717, 1.165) is 0 Å². The fourth-order valence-corrected chi connectivity index (χ4v) is 0.770. The van der Waals surface area contributed by atoms with Crippen molar-refractivity contribution in [1.82, 2.24) is 0 Å². The predicted octanol–water partition coefficient (Wildman–Crippen LogP) is 10.2. The van der Waals surface area contributed by atoms with Gasteiger partial charge in [-0.05, 0) is 0 Å². The first kappa shape index (κ1) is 43.7. The highest BCUT2D eigenvalue weighted by Crippen LogP contribution is 1.80. The monoisotopic (exact) mass is 352 g/mol. The molecule has 2 rings (SSSR count). The second-order valence-corrected chi connectivity index (χ2v) is 3.02. The van der Waals surface area contributed by atoms with Gasteiger partial charge in [0, 0.05) is 0 Å². The van der Waals surface area contributed by atoms with Crippen LogP contribution in [0, 0.1) is 0 Å². The maximum Gasteiger partial charge on any atom is -0.0590 e. The average molecular weight is 353 g/mol. The normalized spacial score (nSPS) is 5.52. The van der Waals surface area contributed by atoms with Crippen LogP contribution in [0.5, 0.6) is 0 Å². The summed E-state index contributed by atoms with van der Waals surface area (Å²) < 4.78 is 0. The maximum atomic E-state index is 2.12. The molecular formula is C25H52. The van der Waals surface area contributed by atoms with Gasteiger partial charge in [-0.3, -0.25) is 0 Å². The SMILES string of the molecule is C.C.CC.CC.CC.CC.CCC.c1ccccc1.c1ccccc1. The molecule has 0 N–H and O–H groups in total. The third-order valence-corrected chi connectivity index (χ3v) is 1.33. The minimum absolute atomic E-state index is 0. The van der Waals surface area contributed by atoms with E-state index in [4.69, 9.17) is 0 Å². The first-order chi connectivity index (χ1) is 11.4. The predicted molar refractivity (Wildman–Crippen MR) is 128 cm³/mol.